The van der Waals surface area contributed by atoms with Gasteiger partial charge in [-0.05, 0) is 114 Å². The van der Waals surface area contributed by atoms with E-state index in [-0.39, 0.29) is 59.4 Å². The quantitative estimate of drug-likeness (QED) is 0.0332. The second kappa shape index (κ2) is 25.0. The fraction of sp³-hybridized carbons (Fsp3) is 0.467. The Morgan fingerprint density at radius 1 is 0.750 bits per heavy atom. The number of thiazole rings is 1. The van der Waals surface area contributed by atoms with E-state index in [9.17, 15) is 28.8 Å². The molecule has 0 radical (unpaired) electrons. The van der Waals surface area contributed by atoms with E-state index in [0.717, 1.165) is 41.4 Å². The fourth-order valence-corrected chi connectivity index (χ4v) is 7.88. The van der Waals surface area contributed by atoms with Gasteiger partial charge in [-0.15, -0.1) is 0 Å². The number of hydrogen-bond donors (Lipinski definition) is 3. The van der Waals surface area contributed by atoms with Crippen molar-refractivity contribution in [3.63, 3.8) is 0 Å². The summed E-state index contributed by atoms with van der Waals surface area (Å²) in [6.07, 6.45) is 11.7. The van der Waals surface area contributed by atoms with Crippen LogP contribution in [0.3, 0.4) is 0 Å². The summed E-state index contributed by atoms with van der Waals surface area (Å²) in [5.74, 6) is -2.09. The summed E-state index contributed by atoms with van der Waals surface area (Å²) in [6, 6.07) is 12.5. The molecule has 0 saturated heterocycles. The molecule has 3 aromatic rings. The highest BCUT2D eigenvalue weighted by molar-refractivity contribution is 7.22. The number of amides is 1. The summed E-state index contributed by atoms with van der Waals surface area (Å²) in [5.41, 5.74) is 6.78. The number of nitrogen functional groups attached to an aromatic ring is 1. The molecule has 60 heavy (non-hydrogen) atoms. The molecular weight excluding hydrogens is 789 g/mol. The summed E-state index contributed by atoms with van der Waals surface area (Å²) in [4.78, 5) is 77.3. The molecule has 322 valence electrons. The van der Waals surface area contributed by atoms with Crippen LogP contribution in [0.25, 0.3) is 10.2 Å². The first-order valence-electron chi connectivity index (χ1n) is 20.6. The zero-order chi connectivity index (χ0) is 43.3. The van der Waals surface area contributed by atoms with E-state index < -0.39 is 17.9 Å². The fourth-order valence-electron chi connectivity index (χ4n) is 7.15. The van der Waals surface area contributed by atoms with Gasteiger partial charge in [0.25, 0.3) is 0 Å². The first-order chi connectivity index (χ1) is 29.0. The van der Waals surface area contributed by atoms with Gasteiger partial charge in [-0.2, -0.15) is 0 Å². The maximum atomic E-state index is 13.0. The Balaban J connectivity index is 0.000000683. The molecule has 2 aliphatic carbocycles. The second-order valence-corrected chi connectivity index (χ2v) is 15.9. The molecule has 4 N–H and O–H groups in total. The molecule has 15 heteroatoms. The number of aromatic nitrogens is 1. The topological polar surface area (TPSA) is 214 Å². The highest BCUT2D eigenvalue weighted by Crippen LogP contribution is 2.34. The molecule has 0 bridgehead atoms. The Morgan fingerprint density at radius 3 is 1.95 bits per heavy atom. The van der Waals surface area contributed by atoms with Crippen LogP contribution in [0.4, 0.5) is 5.13 Å². The van der Waals surface area contributed by atoms with Crippen LogP contribution in [0.5, 0.6) is 11.5 Å². The SMILES string of the molecule is C=CC(=O)OCCCCCC(=O)C1CCC(C(=O)Oc2ccc(OC(=O)C3CCC(C(=O)NCCCCOC(=O)C=C)CC3)c(C=N)c2)CC1.Nc1nc2ccccc2s1. The molecule has 2 aliphatic rings. The van der Waals surface area contributed by atoms with E-state index in [1.54, 1.807) is 0 Å². The highest BCUT2D eigenvalue weighted by Gasteiger charge is 2.32. The Kier molecular flexibility index (Phi) is 19.6. The number of fused-ring (bicyclic) bond motifs is 1. The first kappa shape index (κ1) is 47.0. The monoisotopic (exact) mass is 844 g/mol. The number of hydrogen-bond acceptors (Lipinski definition) is 14. The number of ketones is 1. The number of nitrogens with zero attached hydrogens (tertiary/aromatic N) is 1. The number of benzene rings is 2. The van der Waals surface area contributed by atoms with Gasteiger partial charge in [0.2, 0.25) is 5.91 Å². The maximum Gasteiger partial charge on any atom is 0.330 e. The predicted molar refractivity (Wildman–Crippen MR) is 229 cm³/mol. The minimum Gasteiger partial charge on any atom is -0.463 e. The third-order valence-electron chi connectivity index (χ3n) is 10.6. The largest absolute Gasteiger partial charge is 0.463 e. The van der Waals surface area contributed by atoms with E-state index >= 15 is 0 Å². The number of esters is 4. The Morgan fingerprint density at radius 2 is 1.33 bits per heavy atom. The van der Waals surface area contributed by atoms with Crippen molar-refractivity contribution in [2.45, 2.75) is 89.9 Å². The number of carbonyl (C=O) groups excluding carboxylic acids is 6. The molecule has 0 spiro atoms. The van der Waals surface area contributed by atoms with Crippen molar-refractivity contribution >= 4 is 68.5 Å². The van der Waals surface area contributed by atoms with Crippen molar-refractivity contribution in [3.8, 4) is 11.5 Å². The normalized spacial score (nSPS) is 18.4. The smallest absolute Gasteiger partial charge is 0.330 e. The van der Waals surface area contributed by atoms with E-state index in [0.29, 0.717) is 101 Å². The van der Waals surface area contributed by atoms with Crippen LogP contribution in [-0.2, 0) is 38.2 Å². The molecule has 0 unspecified atom stereocenters. The predicted octanol–water partition coefficient (Wildman–Crippen LogP) is 7.47. The Hall–Kier alpha value is -5.70. The van der Waals surface area contributed by atoms with Crippen molar-refractivity contribution in [2.24, 2.45) is 23.7 Å². The third-order valence-corrected chi connectivity index (χ3v) is 11.4. The number of anilines is 1. The van der Waals surface area contributed by atoms with Crippen LogP contribution >= 0.6 is 11.3 Å². The Labute approximate surface area is 354 Å². The van der Waals surface area contributed by atoms with Crippen molar-refractivity contribution in [2.75, 3.05) is 25.5 Å². The third kappa shape index (κ3) is 15.5. The molecule has 5 rings (SSSR count). The molecular formula is C45H56N4O10S. The van der Waals surface area contributed by atoms with E-state index in [1.807, 2.05) is 24.3 Å². The van der Waals surface area contributed by atoms with Gasteiger partial charge in [0.15, 0.2) is 5.13 Å². The van der Waals surface area contributed by atoms with Gasteiger partial charge in [0.05, 0.1) is 35.3 Å². The first-order valence-corrected chi connectivity index (χ1v) is 21.4. The van der Waals surface area contributed by atoms with Gasteiger partial charge in [-0.25, -0.2) is 14.6 Å². The van der Waals surface area contributed by atoms with Crippen LogP contribution in [0.1, 0.15) is 95.5 Å². The number of carbonyl (C=O) groups is 6. The van der Waals surface area contributed by atoms with Crippen molar-refractivity contribution in [3.05, 3.63) is 73.3 Å². The zero-order valence-electron chi connectivity index (χ0n) is 34.0. The summed E-state index contributed by atoms with van der Waals surface area (Å²) in [7, 11) is 0. The maximum absolute atomic E-state index is 13.0. The number of Topliss-reactive ketones (excluding diaryl/α,β-unsaturated/α-hetero) is 1. The van der Waals surface area contributed by atoms with Crippen molar-refractivity contribution in [1.82, 2.24) is 10.3 Å². The molecule has 14 nitrogen and oxygen atoms in total. The molecule has 1 aromatic heterocycles. The van der Waals surface area contributed by atoms with Crippen LogP contribution in [-0.4, -0.2) is 66.5 Å². The molecule has 0 atom stereocenters. The number of nitrogens with one attached hydrogen (secondary N) is 2. The van der Waals surface area contributed by atoms with Gasteiger partial charge in [-0.3, -0.25) is 19.2 Å². The minimum atomic E-state index is -0.468. The molecule has 2 aromatic carbocycles. The van der Waals surface area contributed by atoms with Gasteiger partial charge in [-0.1, -0.05) is 36.6 Å². The molecule has 1 heterocycles. The number of nitrogens with two attached hydrogens (primary N) is 1. The lowest BCUT2D eigenvalue weighted by molar-refractivity contribution is -0.142. The van der Waals surface area contributed by atoms with Crippen LogP contribution in [0.2, 0.25) is 0 Å². The average Bonchev–Trinajstić information content (AvgIpc) is 3.66. The van der Waals surface area contributed by atoms with Gasteiger partial charge in [0, 0.05) is 48.7 Å². The second-order valence-electron chi connectivity index (χ2n) is 14.8. The summed E-state index contributed by atoms with van der Waals surface area (Å²) in [5, 5.41) is 11.4. The van der Waals surface area contributed by atoms with E-state index in [2.05, 4.69) is 23.5 Å². The average molecular weight is 845 g/mol. The summed E-state index contributed by atoms with van der Waals surface area (Å²) >= 11 is 1.52. The number of para-hydroxylation sites is 1. The number of unbranched alkanes of at least 4 members (excludes halogenated alkanes) is 3. The Bertz CT molecular complexity index is 1930. The molecule has 1 amide bonds. The molecule has 2 saturated carbocycles. The lowest BCUT2D eigenvalue weighted by Gasteiger charge is -2.27. The van der Waals surface area contributed by atoms with Gasteiger partial charge >= 0.3 is 23.9 Å². The molecule has 0 aliphatic heterocycles. The standard InChI is InChI=1S/C38H50N2O10.C7H6N2S/c1-3-34(42)47-22-8-5-6-10-32(41)26-11-15-28(16-12-26)37(45)49-31-19-20-33(30(24-31)25-39)50-38(46)29-17-13-27(14-18-29)36(44)40-21-7-9-23-48-35(43)4-2;8-7-9-5-3-1-2-4-6(5)10-7/h3-4,19-20,24-29,39H,1-2,5-18,21-23H2,(H,40,44);1-4H,(H2,8,9). The number of rotatable bonds is 20. The zero-order valence-corrected chi connectivity index (χ0v) is 34.8. The summed E-state index contributed by atoms with van der Waals surface area (Å²) in [6.45, 7) is 7.76. The summed E-state index contributed by atoms with van der Waals surface area (Å²) < 4.78 is 22.3. The van der Waals surface area contributed by atoms with Crippen LogP contribution < -0.4 is 20.5 Å². The van der Waals surface area contributed by atoms with E-state index in [4.69, 9.17) is 30.1 Å². The van der Waals surface area contributed by atoms with Crippen molar-refractivity contribution < 1.29 is 47.7 Å². The van der Waals surface area contributed by atoms with Crippen molar-refractivity contribution in [1.29, 1.82) is 5.41 Å². The van der Waals surface area contributed by atoms with Crippen LogP contribution in [0.15, 0.2) is 67.8 Å². The molecule has 2 fully saturated rings. The minimum absolute atomic E-state index is 0.0494. The van der Waals surface area contributed by atoms with Crippen LogP contribution in [0, 0.1) is 29.1 Å². The highest BCUT2D eigenvalue weighted by atomic mass is 32.1. The van der Waals surface area contributed by atoms with Gasteiger partial charge < -0.3 is 35.4 Å². The van der Waals surface area contributed by atoms with Gasteiger partial charge in [0.1, 0.15) is 17.3 Å². The lowest BCUT2D eigenvalue weighted by atomic mass is 9.79. The lowest BCUT2D eigenvalue weighted by Crippen LogP contribution is -2.35. The van der Waals surface area contributed by atoms with E-state index in [1.165, 1.54) is 29.5 Å². The number of ether oxygens (including phenoxy) is 4.